The number of likely N-dealkylation sites (tertiary alicyclic amines) is 1. The van der Waals surface area contributed by atoms with Crippen LogP contribution in [-0.4, -0.2) is 30.6 Å². The maximum absolute atomic E-state index is 8.76. The Hall–Kier alpha value is -0.590. The van der Waals surface area contributed by atoms with Crippen LogP contribution >= 0.6 is 0 Å². The molecule has 1 aliphatic heterocycles. The summed E-state index contributed by atoms with van der Waals surface area (Å²) in [6, 6.07) is 2.67. The molecule has 0 bridgehead atoms. The first-order valence-electron chi connectivity index (χ1n) is 4.43. The van der Waals surface area contributed by atoms with Gasteiger partial charge in [0.15, 0.2) is 0 Å². The van der Waals surface area contributed by atoms with E-state index in [2.05, 4.69) is 11.0 Å². The molecule has 2 N–H and O–H groups in total. The quantitative estimate of drug-likeness (QED) is 0.668. The Morgan fingerprint density at radius 1 is 1.58 bits per heavy atom. The third kappa shape index (κ3) is 2.47. The van der Waals surface area contributed by atoms with Crippen molar-refractivity contribution >= 4 is 0 Å². The van der Waals surface area contributed by atoms with Crippen LogP contribution in [-0.2, 0) is 0 Å². The molecule has 0 spiro atoms. The zero-order valence-electron chi connectivity index (χ0n) is 7.88. The summed E-state index contributed by atoms with van der Waals surface area (Å²) >= 11 is 0. The van der Waals surface area contributed by atoms with Gasteiger partial charge in [0.2, 0.25) is 0 Å². The van der Waals surface area contributed by atoms with Crippen molar-refractivity contribution in [3.8, 4) is 6.07 Å². The van der Waals surface area contributed by atoms with E-state index in [9.17, 15) is 0 Å². The van der Waals surface area contributed by atoms with Crippen molar-refractivity contribution in [3.63, 3.8) is 0 Å². The molecular weight excluding hydrogens is 150 g/mol. The van der Waals surface area contributed by atoms with Gasteiger partial charge < -0.3 is 10.6 Å². The molecule has 3 nitrogen and oxygen atoms in total. The van der Waals surface area contributed by atoms with Crippen LogP contribution < -0.4 is 5.73 Å². The molecule has 68 valence electrons. The van der Waals surface area contributed by atoms with Gasteiger partial charge in [-0.1, -0.05) is 0 Å². The Morgan fingerprint density at radius 3 is 2.58 bits per heavy atom. The van der Waals surface area contributed by atoms with E-state index >= 15 is 0 Å². The summed E-state index contributed by atoms with van der Waals surface area (Å²) in [4.78, 5) is 2.30. The van der Waals surface area contributed by atoms with Gasteiger partial charge in [-0.05, 0) is 26.8 Å². The summed E-state index contributed by atoms with van der Waals surface area (Å²) < 4.78 is 0. The number of nitriles is 1. The minimum absolute atomic E-state index is 0.181. The van der Waals surface area contributed by atoms with Gasteiger partial charge in [0.1, 0.15) is 0 Å². The van der Waals surface area contributed by atoms with Crippen LogP contribution in [0.25, 0.3) is 0 Å². The fraction of sp³-hybridized carbons (Fsp3) is 0.889. The molecule has 3 heteroatoms. The average molecular weight is 167 g/mol. The Morgan fingerprint density at radius 2 is 2.17 bits per heavy atom. The second-order valence-electron chi connectivity index (χ2n) is 4.27. The molecule has 1 rings (SSSR count). The molecule has 1 heterocycles. The van der Waals surface area contributed by atoms with Gasteiger partial charge in [-0.15, -0.1) is 0 Å². The zero-order valence-corrected chi connectivity index (χ0v) is 7.88. The molecule has 0 atom stereocenters. The molecule has 0 unspecified atom stereocenters. The summed E-state index contributed by atoms with van der Waals surface area (Å²) in [6.45, 7) is 6.97. The first kappa shape index (κ1) is 9.50. The number of hydrogen-bond acceptors (Lipinski definition) is 3. The first-order valence-corrected chi connectivity index (χ1v) is 4.43. The van der Waals surface area contributed by atoms with Crippen molar-refractivity contribution in [1.29, 1.82) is 5.26 Å². The highest BCUT2D eigenvalue weighted by Gasteiger charge is 2.25. The number of hydrogen-bond donors (Lipinski definition) is 1. The molecule has 0 aromatic heterocycles. The fourth-order valence-corrected chi connectivity index (χ4v) is 1.29. The van der Waals surface area contributed by atoms with E-state index in [0.29, 0.717) is 6.04 Å². The zero-order chi connectivity index (χ0) is 9.19. The number of nitrogens with zero attached hydrogens (tertiary/aromatic N) is 2. The van der Waals surface area contributed by atoms with Crippen LogP contribution in [0.4, 0.5) is 0 Å². The van der Waals surface area contributed by atoms with Crippen molar-refractivity contribution in [2.45, 2.75) is 26.3 Å². The lowest BCUT2D eigenvalue weighted by molar-refractivity contribution is 0.137. The summed E-state index contributed by atoms with van der Waals surface area (Å²) in [5, 5.41) is 8.76. The number of rotatable bonds is 3. The van der Waals surface area contributed by atoms with Gasteiger partial charge in [0.25, 0.3) is 0 Å². The van der Waals surface area contributed by atoms with E-state index in [4.69, 9.17) is 11.0 Å². The third-order valence-electron chi connectivity index (χ3n) is 2.34. The lowest BCUT2D eigenvalue weighted by Crippen LogP contribution is -2.56. The van der Waals surface area contributed by atoms with Crippen LogP contribution in [0.5, 0.6) is 0 Å². The molecule has 1 aliphatic rings. The van der Waals surface area contributed by atoms with Crippen molar-refractivity contribution in [2.75, 3.05) is 19.6 Å². The van der Waals surface area contributed by atoms with Gasteiger partial charge in [0.05, 0.1) is 11.5 Å². The van der Waals surface area contributed by atoms with Crippen LogP contribution in [0.3, 0.4) is 0 Å². The summed E-state index contributed by atoms with van der Waals surface area (Å²) in [5.74, 6) is 0. The van der Waals surface area contributed by atoms with E-state index in [-0.39, 0.29) is 5.41 Å². The Bertz CT molecular complexity index is 186. The molecule has 12 heavy (non-hydrogen) atoms. The van der Waals surface area contributed by atoms with Crippen LogP contribution in [0.2, 0.25) is 0 Å². The highest BCUT2D eigenvalue weighted by Crippen LogP contribution is 2.20. The summed E-state index contributed by atoms with van der Waals surface area (Å²) in [7, 11) is 0. The topological polar surface area (TPSA) is 53.0 Å². The maximum atomic E-state index is 8.76. The molecule has 0 saturated carbocycles. The SMILES string of the molecule is CC(C)(C#N)CCN1CC(N)C1. The number of nitrogens with two attached hydrogens (primary N) is 1. The van der Waals surface area contributed by atoms with Crippen molar-refractivity contribution in [1.82, 2.24) is 4.90 Å². The minimum Gasteiger partial charge on any atom is -0.325 e. The molecule has 1 fully saturated rings. The molecular formula is C9H17N3. The highest BCUT2D eigenvalue weighted by molar-refractivity contribution is 4.93. The Balaban J connectivity index is 2.15. The molecule has 0 aromatic rings. The summed E-state index contributed by atoms with van der Waals surface area (Å²) in [6.07, 6.45) is 0.941. The lowest BCUT2D eigenvalue weighted by atomic mass is 9.90. The van der Waals surface area contributed by atoms with Crippen molar-refractivity contribution in [3.05, 3.63) is 0 Å². The van der Waals surface area contributed by atoms with E-state index < -0.39 is 0 Å². The third-order valence-corrected chi connectivity index (χ3v) is 2.34. The van der Waals surface area contributed by atoms with Crippen molar-refractivity contribution < 1.29 is 0 Å². The summed E-state index contributed by atoms with van der Waals surface area (Å²) in [5.41, 5.74) is 5.45. The van der Waals surface area contributed by atoms with Crippen LogP contribution in [0.1, 0.15) is 20.3 Å². The van der Waals surface area contributed by atoms with Gasteiger partial charge in [-0.25, -0.2) is 0 Å². The lowest BCUT2D eigenvalue weighted by Gasteiger charge is -2.37. The van der Waals surface area contributed by atoms with E-state index in [1.54, 1.807) is 0 Å². The fourth-order valence-electron chi connectivity index (χ4n) is 1.29. The van der Waals surface area contributed by atoms with E-state index in [1.165, 1.54) is 0 Å². The maximum Gasteiger partial charge on any atom is 0.0684 e. The van der Waals surface area contributed by atoms with Gasteiger partial charge in [0, 0.05) is 19.1 Å². The van der Waals surface area contributed by atoms with Crippen LogP contribution in [0.15, 0.2) is 0 Å². The van der Waals surface area contributed by atoms with Gasteiger partial charge in [-0.3, -0.25) is 0 Å². The molecule has 0 amide bonds. The molecule has 1 saturated heterocycles. The second-order valence-corrected chi connectivity index (χ2v) is 4.27. The molecule has 0 aromatic carbocycles. The molecule has 0 radical (unpaired) electrons. The first-order chi connectivity index (χ1) is 5.53. The van der Waals surface area contributed by atoms with Gasteiger partial charge in [-0.2, -0.15) is 5.26 Å². The Kier molecular flexibility index (Phi) is 2.71. The smallest absolute Gasteiger partial charge is 0.0684 e. The van der Waals surface area contributed by atoms with Crippen LogP contribution in [0, 0.1) is 16.7 Å². The predicted octanol–water partition coefficient (Wildman–Crippen LogP) is 0.569. The molecule has 0 aliphatic carbocycles. The van der Waals surface area contributed by atoms with E-state index in [0.717, 1.165) is 26.1 Å². The average Bonchev–Trinajstić information content (AvgIpc) is 1.96. The largest absolute Gasteiger partial charge is 0.325 e. The normalized spacial score (nSPS) is 20.2. The minimum atomic E-state index is -0.181. The van der Waals surface area contributed by atoms with Gasteiger partial charge >= 0.3 is 0 Å². The van der Waals surface area contributed by atoms with Crippen molar-refractivity contribution in [2.24, 2.45) is 11.1 Å². The van der Waals surface area contributed by atoms with E-state index in [1.807, 2.05) is 13.8 Å². The standard InChI is InChI=1S/C9H17N3/c1-9(2,7-10)3-4-12-5-8(11)6-12/h8H,3-6,11H2,1-2H3. The monoisotopic (exact) mass is 167 g/mol. The highest BCUT2D eigenvalue weighted by atomic mass is 15.2. The Labute approximate surface area is 74.1 Å². The second kappa shape index (κ2) is 3.42. The predicted molar refractivity (Wildman–Crippen MR) is 48.4 cm³/mol.